The molecule has 0 amide bonds. The topological polar surface area (TPSA) is 51.4 Å². The smallest absolute Gasteiger partial charge is 0.186 e. The van der Waals surface area contributed by atoms with Gasteiger partial charge in [-0.1, -0.05) is 20.8 Å². The van der Waals surface area contributed by atoms with Crippen LogP contribution in [0.2, 0.25) is 0 Å². The van der Waals surface area contributed by atoms with Crippen molar-refractivity contribution in [2.75, 3.05) is 24.6 Å². The number of hydrogen-bond donors (Lipinski definition) is 1. The lowest BCUT2D eigenvalue weighted by atomic mass is 9.91. The summed E-state index contributed by atoms with van der Waals surface area (Å²) in [5.74, 6) is 0. The number of aromatic nitrogens is 1. The Hall–Kier alpha value is -0.650. The molecular formula is C14H25N3OS. The lowest BCUT2D eigenvalue weighted by Gasteiger charge is -2.38. The van der Waals surface area contributed by atoms with Crippen LogP contribution in [0.3, 0.4) is 0 Å². The Bertz CT molecular complexity index is 448. The fourth-order valence-electron chi connectivity index (χ4n) is 2.38. The largest absolute Gasteiger partial charge is 0.372 e. The third kappa shape index (κ3) is 3.27. The average Bonchev–Trinajstić information content (AvgIpc) is 2.71. The number of morpholine rings is 1. The Morgan fingerprint density at radius 3 is 2.58 bits per heavy atom. The normalized spacial score (nSPS) is 19.8. The lowest BCUT2D eigenvalue weighted by molar-refractivity contribution is -0.0277. The first-order valence-electron chi connectivity index (χ1n) is 6.82. The molecule has 0 aliphatic carbocycles. The molecule has 19 heavy (non-hydrogen) atoms. The van der Waals surface area contributed by atoms with Crippen molar-refractivity contribution < 1.29 is 4.74 Å². The molecule has 0 aromatic carbocycles. The van der Waals surface area contributed by atoms with Crippen LogP contribution in [0.1, 0.15) is 45.2 Å². The zero-order chi connectivity index (χ0) is 14.3. The summed E-state index contributed by atoms with van der Waals surface area (Å²) in [6.45, 7) is 13.9. The van der Waals surface area contributed by atoms with Crippen molar-refractivity contribution >= 4 is 16.5 Å². The highest BCUT2D eigenvalue weighted by Crippen LogP contribution is 2.35. The fraction of sp³-hybridized carbons (Fsp3) is 0.786. The van der Waals surface area contributed by atoms with Gasteiger partial charge in [-0.15, -0.1) is 11.3 Å². The minimum absolute atomic E-state index is 0.0469. The highest BCUT2D eigenvalue weighted by Gasteiger charge is 2.30. The number of hydrogen-bond acceptors (Lipinski definition) is 5. The molecule has 0 radical (unpaired) electrons. The minimum Gasteiger partial charge on any atom is -0.372 e. The number of nitrogens with zero attached hydrogens (tertiary/aromatic N) is 2. The van der Waals surface area contributed by atoms with Gasteiger partial charge in [-0.2, -0.15) is 0 Å². The Morgan fingerprint density at radius 1 is 1.42 bits per heavy atom. The second kappa shape index (κ2) is 5.04. The van der Waals surface area contributed by atoms with Crippen LogP contribution in [0.4, 0.5) is 5.13 Å². The predicted octanol–water partition coefficient (Wildman–Crippen LogP) is 2.51. The maximum absolute atomic E-state index is 5.87. The molecule has 0 atom stereocenters. The number of nitrogens with two attached hydrogens (primary N) is 1. The second-order valence-electron chi connectivity index (χ2n) is 6.75. The molecule has 1 aliphatic heterocycles. The van der Waals surface area contributed by atoms with Gasteiger partial charge in [-0.25, -0.2) is 4.98 Å². The summed E-state index contributed by atoms with van der Waals surface area (Å²) in [7, 11) is 0. The van der Waals surface area contributed by atoms with E-state index in [1.54, 1.807) is 11.3 Å². The van der Waals surface area contributed by atoms with Gasteiger partial charge in [0.1, 0.15) is 0 Å². The fourth-order valence-corrected chi connectivity index (χ4v) is 3.55. The van der Waals surface area contributed by atoms with E-state index in [0.29, 0.717) is 6.54 Å². The number of anilines is 1. The summed E-state index contributed by atoms with van der Waals surface area (Å²) in [6.07, 6.45) is 0. The van der Waals surface area contributed by atoms with Gasteiger partial charge < -0.3 is 15.4 Å². The molecule has 108 valence electrons. The van der Waals surface area contributed by atoms with Crippen molar-refractivity contribution in [1.82, 2.24) is 4.98 Å². The van der Waals surface area contributed by atoms with E-state index in [2.05, 4.69) is 39.5 Å². The van der Waals surface area contributed by atoms with E-state index in [4.69, 9.17) is 15.5 Å². The van der Waals surface area contributed by atoms with E-state index in [0.717, 1.165) is 30.5 Å². The summed E-state index contributed by atoms with van der Waals surface area (Å²) in [6, 6.07) is 0. The Balaban J connectivity index is 2.28. The molecule has 4 nitrogen and oxygen atoms in total. The number of thiazole rings is 1. The van der Waals surface area contributed by atoms with E-state index in [-0.39, 0.29) is 11.0 Å². The van der Waals surface area contributed by atoms with Gasteiger partial charge in [-0.3, -0.25) is 0 Å². The van der Waals surface area contributed by atoms with Crippen molar-refractivity contribution in [2.45, 2.75) is 52.2 Å². The molecule has 2 heterocycles. The molecule has 0 saturated carbocycles. The molecule has 0 unspecified atom stereocenters. The average molecular weight is 283 g/mol. The van der Waals surface area contributed by atoms with E-state index in [9.17, 15) is 0 Å². The summed E-state index contributed by atoms with van der Waals surface area (Å²) in [5, 5.41) is 1.08. The lowest BCUT2D eigenvalue weighted by Crippen LogP contribution is -2.48. The molecule has 1 aliphatic rings. The van der Waals surface area contributed by atoms with Crippen LogP contribution < -0.4 is 10.6 Å². The van der Waals surface area contributed by atoms with Gasteiger partial charge in [0, 0.05) is 29.9 Å². The maximum Gasteiger partial charge on any atom is 0.186 e. The predicted molar refractivity (Wildman–Crippen MR) is 80.9 cm³/mol. The molecule has 0 spiro atoms. The monoisotopic (exact) mass is 283 g/mol. The third-order valence-electron chi connectivity index (χ3n) is 3.28. The van der Waals surface area contributed by atoms with Gasteiger partial charge in [0.15, 0.2) is 5.13 Å². The third-order valence-corrected chi connectivity index (χ3v) is 4.42. The van der Waals surface area contributed by atoms with Crippen LogP contribution in [0.25, 0.3) is 0 Å². The van der Waals surface area contributed by atoms with E-state index >= 15 is 0 Å². The zero-order valence-electron chi connectivity index (χ0n) is 12.6. The van der Waals surface area contributed by atoms with Crippen LogP contribution in [-0.4, -0.2) is 30.3 Å². The number of rotatable bonds is 2. The van der Waals surface area contributed by atoms with Gasteiger partial charge in [0.2, 0.25) is 0 Å². The molecule has 0 bridgehead atoms. The Morgan fingerprint density at radius 2 is 2.11 bits per heavy atom. The summed E-state index contributed by atoms with van der Waals surface area (Å²) < 4.78 is 5.76. The van der Waals surface area contributed by atoms with Crippen molar-refractivity contribution in [3.63, 3.8) is 0 Å². The highest BCUT2D eigenvalue weighted by molar-refractivity contribution is 7.15. The second-order valence-corrected chi connectivity index (χ2v) is 7.81. The van der Waals surface area contributed by atoms with E-state index in [1.165, 1.54) is 4.88 Å². The summed E-state index contributed by atoms with van der Waals surface area (Å²) >= 11 is 1.73. The quantitative estimate of drug-likeness (QED) is 0.906. The molecule has 1 aromatic heterocycles. The standard InChI is InChI=1S/C14H25N3OS/c1-13(2,3)11-10(8-15)19-12(16-11)17-6-7-18-14(4,5)9-17/h6-9,15H2,1-5H3. The maximum atomic E-state index is 5.87. The van der Waals surface area contributed by atoms with Crippen molar-refractivity contribution in [3.8, 4) is 0 Å². The van der Waals surface area contributed by atoms with Crippen LogP contribution in [0, 0.1) is 0 Å². The van der Waals surface area contributed by atoms with Crippen molar-refractivity contribution in [3.05, 3.63) is 10.6 Å². The van der Waals surface area contributed by atoms with E-state index in [1.807, 2.05) is 0 Å². The molecule has 5 heteroatoms. The van der Waals surface area contributed by atoms with Crippen LogP contribution in [0.15, 0.2) is 0 Å². The Labute approximate surface area is 120 Å². The molecule has 1 saturated heterocycles. The zero-order valence-corrected chi connectivity index (χ0v) is 13.4. The first-order chi connectivity index (χ1) is 8.73. The van der Waals surface area contributed by atoms with E-state index < -0.39 is 0 Å². The molecular weight excluding hydrogens is 258 g/mol. The van der Waals surface area contributed by atoms with Crippen LogP contribution >= 0.6 is 11.3 Å². The van der Waals surface area contributed by atoms with Crippen molar-refractivity contribution in [1.29, 1.82) is 0 Å². The molecule has 2 rings (SSSR count). The van der Waals surface area contributed by atoms with Gasteiger partial charge >= 0.3 is 0 Å². The van der Waals surface area contributed by atoms with Crippen LogP contribution in [0.5, 0.6) is 0 Å². The highest BCUT2D eigenvalue weighted by atomic mass is 32.1. The van der Waals surface area contributed by atoms with Gasteiger partial charge in [0.25, 0.3) is 0 Å². The summed E-state index contributed by atoms with van der Waals surface area (Å²) in [5.41, 5.74) is 6.95. The summed E-state index contributed by atoms with van der Waals surface area (Å²) in [4.78, 5) is 8.37. The Kier molecular flexibility index (Phi) is 3.91. The van der Waals surface area contributed by atoms with Gasteiger partial charge in [-0.05, 0) is 13.8 Å². The first kappa shape index (κ1) is 14.8. The van der Waals surface area contributed by atoms with Gasteiger partial charge in [0.05, 0.1) is 17.9 Å². The molecule has 1 fully saturated rings. The van der Waals surface area contributed by atoms with Crippen LogP contribution in [-0.2, 0) is 16.7 Å². The molecule has 2 N–H and O–H groups in total. The minimum atomic E-state index is -0.102. The molecule has 1 aromatic rings. The SMILES string of the molecule is CC1(C)CN(c2nc(C(C)(C)C)c(CN)s2)CCO1. The first-order valence-corrected chi connectivity index (χ1v) is 7.64. The number of ether oxygens (including phenoxy) is 1. The van der Waals surface area contributed by atoms with Crippen molar-refractivity contribution in [2.24, 2.45) is 5.73 Å².